The summed E-state index contributed by atoms with van der Waals surface area (Å²) in [5, 5.41) is 18.0. The summed E-state index contributed by atoms with van der Waals surface area (Å²) < 4.78 is 1.51. The van der Waals surface area contributed by atoms with Crippen LogP contribution in [0.3, 0.4) is 0 Å². The molecule has 4 rings (SSSR count). The Bertz CT molecular complexity index is 1210. The van der Waals surface area contributed by atoms with Crippen LogP contribution in [0.4, 0.5) is 5.69 Å². The average molecular weight is 420 g/mol. The number of carbonyl (C=O) groups is 2. The van der Waals surface area contributed by atoms with Crippen molar-refractivity contribution in [3.63, 3.8) is 0 Å². The molecule has 0 spiro atoms. The van der Waals surface area contributed by atoms with Gasteiger partial charge in [-0.25, -0.2) is 0 Å². The average Bonchev–Trinajstić information content (AvgIpc) is 3.07. The molecule has 30 heavy (non-hydrogen) atoms. The standard InChI is InChI=1S/C23H18ClN3O3/c24-17-9-7-16(8-10-17)23(30)25-18-11-5-15(6-12-18)13-20-19-3-1-2-4-21(19)27(26-20)14-22(28)29/h1-12H,13-14H2,(H,25,30)(H,28,29). The van der Waals surface area contributed by atoms with Crippen molar-refractivity contribution in [3.8, 4) is 0 Å². The molecule has 1 heterocycles. The molecule has 0 saturated carbocycles. The van der Waals surface area contributed by atoms with Crippen LogP contribution in [0.15, 0.2) is 72.8 Å². The molecule has 0 atom stereocenters. The lowest BCUT2D eigenvalue weighted by atomic mass is 10.1. The Labute approximate surface area is 177 Å². The third-order valence-electron chi connectivity index (χ3n) is 4.71. The van der Waals surface area contributed by atoms with Gasteiger partial charge in [-0.15, -0.1) is 0 Å². The third-order valence-corrected chi connectivity index (χ3v) is 4.96. The van der Waals surface area contributed by atoms with Crippen molar-refractivity contribution in [2.45, 2.75) is 13.0 Å². The van der Waals surface area contributed by atoms with E-state index in [1.807, 2.05) is 48.5 Å². The zero-order valence-corrected chi connectivity index (χ0v) is 16.6. The molecule has 6 nitrogen and oxygen atoms in total. The Kier molecular flexibility index (Phi) is 5.50. The Morgan fingerprint density at radius 1 is 0.967 bits per heavy atom. The fourth-order valence-corrected chi connectivity index (χ4v) is 3.41. The number of fused-ring (bicyclic) bond motifs is 1. The van der Waals surface area contributed by atoms with Crippen LogP contribution >= 0.6 is 11.6 Å². The second kappa shape index (κ2) is 8.39. The maximum absolute atomic E-state index is 12.3. The van der Waals surface area contributed by atoms with E-state index in [9.17, 15) is 9.59 Å². The number of amides is 1. The molecule has 0 fully saturated rings. The first-order valence-electron chi connectivity index (χ1n) is 9.32. The van der Waals surface area contributed by atoms with E-state index in [-0.39, 0.29) is 12.5 Å². The molecule has 1 amide bonds. The summed E-state index contributed by atoms with van der Waals surface area (Å²) in [4.78, 5) is 23.4. The molecule has 0 aliphatic heterocycles. The van der Waals surface area contributed by atoms with E-state index < -0.39 is 5.97 Å². The highest BCUT2D eigenvalue weighted by atomic mass is 35.5. The molecule has 0 bridgehead atoms. The second-order valence-electron chi connectivity index (χ2n) is 6.85. The molecule has 0 aliphatic rings. The maximum atomic E-state index is 12.3. The lowest BCUT2D eigenvalue weighted by Gasteiger charge is -2.07. The molecule has 150 valence electrons. The van der Waals surface area contributed by atoms with E-state index in [1.54, 1.807) is 24.3 Å². The van der Waals surface area contributed by atoms with Crippen molar-refractivity contribution in [2.24, 2.45) is 0 Å². The number of halogens is 1. The topological polar surface area (TPSA) is 84.2 Å². The Morgan fingerprint density at radius 3 is 2.37 bits per heavy atom. The Morgan fingerprint density at radius 2 is 1.67 bits per heavy atom. The fourth-order valence-electron chi connectivity index (χ4n) is 3.28. The molecule has 4 aromatic rings. The number of aromatic nitrogens is 2. The number of benzene rings is 3. The lowest BCUT2D eigenvalue weighted by Crippen LogP contribution is -2.11. The minimum absolute atomic E-state index is 0.184. The third kappa shape index (κ3) is 4.34. The van der Waals surface area contributed by atoms with E-state index in [2.05, 4.69) is 10.4 Å². The predicted molar refractivity (Wildman–Crippen MR) is 116 cm³/mol. The molecule has 0 saturated heterocycles. The van der Waals surface area contributed by atoms with Gasteiger partial charge in [0.25, 0.3) is 5.91 Å². The molecular formula is C23H18ClN3O3. The van der Waals surface area contributed by atoms with Crippen LogP contribution in [0.25, 0.3) is 10.9 Å². The number of nitrogens with one attached hydrogen (secondary N) is 1. The summed E-state index contributed by atoms with van der Waals surface area (Å²) >= 11 is 5.86. The van der Waals surface area contributed by atoms with Gasteiger partial charge in [0, 0.05) is 28.1 Å². The first-order chi connectivity index (χ1) is 14.5. The van der Waals surface area contributed by atoms with Crippen LogP contribution in [0.5, 0.6) is 0 Å². The summed E-state index contributed by atoms with van der Waals surface area (Å²) in [6.45, 7) is -0.184. The second-order valence-corrected chi connectivity index (χ2v) is 7.29. The number of hydrogen-bond donors (Lipinski definition) is 2. The number of hydrogen-bond acceptors (Lipinski definition) is 3. The van der Waals surface area contributed by atoms with Gasteiger partial charge in [0.1, 0.15) is 6.54 Å². The van der Waals surface area contributed by atoms with Crippen molar-refractivity contribution in [3.05, 3.63) is 94.6 Å². The maximum Gasteiger partial charge on any atom is 0.325 e. The minimum Gasteiger partial charge on any atom is -0.480 e. The van der Waals surface area contributed by atoms with Gasteiger partial charge >= 0.3 is 5.97 Å². The zero-order valence-electron chi connectivity index (χ0n) is 15.9. The predicted octanol–water partition coefficient (Wildman–Crippen LogP) is 4.62. The number of rotatable bonds is 6. The van der Waals surface area contributed by atoms with Crippen LogP contribution in [-0.4, -0.2) is 26.8 Å². The van der Waals surface area contributed by atoms with Crippen LogP contribution in [0.2, 0.25) is 5.02 Å². The highest BCUT2D eigenvalue weighted by Crippen LogP contribution is 2.22. The van der Waals surface area contributed by atoms with Crippen LogP contribution < -0.4 is 5.32 Å². The Hall–Kier alpha value is -3.64. The van der Waals surface area contributed by atoms with Crippen molar-refractivity contribution >= 4 is 40.1 Å². The number of carboxylic acids is 1. The van der Waals surface area contributed by atoms with Gasteiger partial charge in [0.2, 0.25) is 0 Å². The van der Waals surface area contributed by atoms with Crippen LogP contribution in [0, 0.1) is 0 Å². The van der Waals surface area contributed by atoms with Gasteiger partial charge < -0.3 is 10.4 Å². The van der Waals surface area contributed by atoms with Crippen molar-refractivity contribution in [1.82, 2.24) is 9.78 Å². The van der Waals surface area contributed by atoms with Gasteiger partial charge in [-0.1, -0.05) is 41.9 Å². The normalized spacial score (nSPS) is 10.8. The van der Waals surface area contributed by atoms with E-state index >= 15 is 0 Å². The number of para-hydroxylation sites is 1. The van der Waals surface area contributed by atoms with Gasteiger partial charge in [-0.05, 0) is 48.0 Å². The smallest absolute Gasteiger partial charge is 0.325 e. The summed E-state index contributed by atoms with van der Waals surface area (Å²) in [6.07, 6.45) is 0.554. The van der Waals surface area contributed by atoms with Gasteiger partial charge in [-0.2, -0.15) is 5.10 Å². The summed E-state index contributed by atoms with van der Waals surface area (Å²) in [5.74, 6) is -1.14. The summed E-state index contributed by atoms with van der Waals surface area (Å²) in [5.41, 5.74) is 3.82. The number of aliphatic carboxylic acids is 1. The molecule has 0 unspecified atom stereocenters. The quantitative estimate of drug-likeness (QED) is 0.477. The van der Waals surface area contributed by atoms with Crippen molar-refractivity contribution in [1.29, 1.82) is 0 Å². The minimum atomic E-state index is -0.935. The Balaban J connectivity index is 1.50. The highest BCUT2D eigenvalue weighted by Gasteiger charge is 2.13. The monoisotopic (exact) mass is 419 g/mol. The highest BCUT2D eigenvalue weighted by molar-refractivity contribution is 6.30. The lowest BCUT2D eigenvalue weighted by molar-refractivity contribution is -0.137. The van der Waals surface area contributed by atoms with Gasteiger partial charge in [0.05, 0.1) is 11.2 Å². The first-order valence-corrected chi connectivity index (χ1v) is 9.69. The van der Waals surface area contributed by atoms with E-state index in [4.69, 9.17) is 16.7 Å². The molecule has 0 aliphatic carbocycles. The summed E-state index contributed by atoms with van der Waals surface area (Å²) in [7, 11) is 0. The number of carboxylic acid groups (broad SMARTS) is 1. The largest absolute Gasteiger partial charge is 0.480 e. The molecule has 3 aromatic carbocycles. The number of anilines is 1. The molecule has 1 aromatic heterocycles. The van der Waals surface area contributed by atoms with E-state index in [0.717, 1.165) is 22.2 Å². The fraction of sp³-hybridized carbons (Fsp3) is 0.0870. The molecular weight excluding hydrogens is 402 g/mol. The molecule has 2 N–H and O–H groups in total. The SMILES string of the molecule is O=C(O)Cn1nc(Cc2ccc(NC(=O)c3ccc(Cl)cc3)cc2)c2ccccc21. The molecule has 7 heteroatoms. The van der Waals surface area contributed by atoms with Crippen LogP contribution in [-0.2, 0) is 17.8 Å². The number of carbonyl (C=O) groups excluding carboxylic acids is 1. The van der Waals surface area contributed by atoms with Gasteiger partial charge in [-0.3, -0.25) is 14.3 Å². The zero-order chi connectivity index (χ0) is 21.1. The first kappa shape index (κ1) is 19.7. The van der Waals surface area contributed by atoms with E-state index in [0.29, 0.717) is 22.7 Å². The summed E-state index contributed by atoms with van der Waals surface area (Å²) in [6, 6.07) is 21.8. The van der Waals surface area contributed by atoms with Crippen LogP contribution in [0.1, 0.15) is 21.6 Å². The van der Waals surface area contributed by atoms with Crippen molar-refractivity contribution < 1.29 is 14.7 Å². The van der Waals surface area contributed by atoms with E-state index in [1.165, 1.54) is 4.68 Å². The number of nitrogens with zero attached hydrogens (tertiary/aromatic N) is 2. The molecule has 0 radical (unpaired) electrons. The van der Waals surface area contributed by atoms with Crippen molar-refractivity contribution in [2.75, 3.05) is 5.32 Å². The van der Waals surface area contributed by atoms with Gasteiger partial charge in [0.15, 0.2) is 0 Å².